The Labute approximate surface area is 115 Å². The molecule has 1 aromatic heterocycles. The van der Waals surface area contributed by atoms with Crippen LogP contribution in [0.4, 0.5) is 0 Å². The number of nitrogens with zero attached hydrogens (tertiary/aromatic N) is 2. The summed E-state index contributed by atoms with van der Waals surface area (Å²) in [4.78, 5) is 0. The zero-order valence-corrected chi connectivity index (χ0v) is 12.0. The first-order chi connectivity index (χ1) is 9.07. The van der Waals surface area contributed by atoms with E-state index in [0.717, 1.165) is 36.3 Å². The number of aliphatic hydroxyl groups is 1. The zero-order valence-electron chi connectivity index (χ0n) is 12.0. The van der Waals surface area contributed by atoms with Crippen molar-refractivity contribution >= 4 is 0 Å². The molecular weight excluding hydrogens is 236 g/mol. The molecule has 0 spiro atoms. The Morgan fingerprint density at radius 3 is 2.95 bits per heavy atom. The van der Waals surface area contributed by atoms with Crippen LogP contribution in [-0.4, -0.2) is 20.5 Å². The number of hydrogen-bond acceptors (Lipinski definition) is 2. The standard InChI is InChI=1S/C16H24N2O/c1-10-6-12(18(2)17-10)9-16(19)8-11-7-15(16)14-5-3-4-13(11)14/h6,11,13-15,19H,3-5,7-9H2,1-2H3. The predicted molar refractivity (Wildman–Crippen MR) is 73.6 cm³/mol. The largest absolute Gasteiger partial charge is 0.389 e. The quantitative estimate of drug-likeness (QED) is 0.887. The van der Waals surface area contributed by atoms with Crippen LogP contribution in [0.1, 0.15) is 43.5 Å². The molecule has 3 saturated carbocycles. The van der Waals surface area contributed by atoms with Gasteiger partial charge in [0.1, 0.15) is 0 Å². The molecule has 3 aliphatic carbocycles. The fourth-order valence-electron chi connectivity index (χ4n) is 5.58. The third kappa shape index (κ3) is 1.63. The Hall–Kier alpha value is -0.830. The lowest BCUT2D eigenvalue weighted by atomic mass is 9.71. The van der Waals surface area contributed by atoms with Gasteiger partial charge in [-0.15, -0.1) is 0 Å². The van der Waals surface area contributed by atoms with Gasteiger partial charge in [0.15, 0.2) is 0 Å². The highest BCUT2D eigenvalue weighted by Gasteiger charge is 2.60. The molecule has 3 fully saturated rings. The van der Waals surface area contributed by atoms with Crippen molar-refractivity contribution in [1.82, 2.24) is 9.78 Å². The first-order valence-corrected chi connectivity index (χ1v) is 7.79. The average Bonchev–Trinajstić information content (AvgIpc) is 3.01. The summed E-state index contributed by atoms with van der Waals surface area (Å²) in [6, 6.07) is 2.14. The van der Waals surface area contributed by atoms with Gasteiger partial charge in [0.05, 0.1) is 11.3 Å². The van der Waals surface area contributed by atoms with Crippen LogP contribution in [0.3, 0.4) is 0 Å². The summed E-state index contributed by atoms with van der Waals surface area (Å²) in [7, 11) is 2.00. The summed E-state index contributed by atoms with van der Waals surface area (Å²) in [6.07, 6.45) is 7.29. The lowest BCUT2D eigenvalue weighted by molar-refractivity contribution is -0.0462. The van der Waals surface area contributed by atoms with Crippen molar-refractivity contribution in [2.24, 2.45) is 30.7 Å². The van der Waals surface area contributed by atoms with E-state index in [4.69, 9.17) is 0 Å². The fraction of sp³-hybridized carbons (Fsp3) is 0.812. The molecule has 5 atom stereocenters. The normalized spacial score (nSPS) is 43.9. The minimum absolute atomic E-state index is 0.448. The Morgan fingerprint density at radius 2 is 2.21 bits per heavy atom. The molecule has 4 rings (SSSR count). The molecule has 104 valence electrons. The van der Waals surface area contributed by atoms with Gasteiger partial charge in [-0.05, 0) is 62.3 Å². The molecule has 0 aromatic carbocycles. The van der Waals surface area contributed by atoms with Crippen LogP contribution in [0.5, 0.6) is 0 Å². The number of aryl methyl sites for hydroxylation is 2. The van der Waals surface area contributed by atoms with E-state index in [1.165, 1.54) is 31.4 Å². The van der Waals surface area contributed by atoms with Crippen molar-refractivity contribution in [3.63, 3.8) is 0 Å². The maximum atomic E-state index is 11.2. The van der Waals surface area contributed by atoms with Crippen LogP contribution in [0.25, 0.3) is 0 Å². The number of fused-ring (bicyclic) bond motifs is 5. The summed E-state index contributed by atoms with van der Waals surface area (Å²) in [5.41, 5.74) is 1.81. The summed E-state index contributed by atoms with van der Waals surface area (Å²) in [6.45, 7) is 2.03. The molecule has 3 heteroatoms. The van der Waals surface area contributed by atoms with E-state index >= 15 is 0 Å². The van der Waals surface area contributed by atoms with E-state index in [2.05, 4.69) is 11.2 Å². The number of rotatable bonds is 2. The minimum Gasteiger partial charge on any atom is -0.389 e. The van der Waals surface area contributed by atoms with Crippen LogP contribution in [-0.2, 0) is 13.5 Å². The van der Waals surface area contributed by atoms with Gasteiger partial charge in [0, 0.05) is 19.2 Å². The highest BCUT2D eigenvalue weighted by molar-refractivity contribution is 5.17. The topological polar surface area (TPSA) is 38.0 Å². The first-order valence-electron chi connectivity index (χ1n) is 7.79. The predicted octanol–water partition coefficient (Wildman–Crippen LogP) is 2.46. The van der Waals surface area contributed by atoms with Gasteiger partial charge in [-0.3, -0.25) is 4.68 Å². The van der Waals surface area contributed by atoms with Crippen LogP contribution in [0.2, 0.25) is 0 Å². The highest BCUT2D eigenvalue weighted by atomic mass is 16.3. The molecule has 2 bridgehead atoms. The van der Waals surface area contributed by atoms with E-state index in [0.29, 0.717) is 5.92 Å². The molecule has 0 aliphatic heterocycles. The minimum atomic E-state index is -0.448. The second-order valence-corrected chi connectivity index (χ2v) is 7.25. The Kier molecular flexibility index (Phi) is 2.42. The first kappa shape index (κ1) is 12.0. The second-order valence-electron chi connectivity index (χ2n) is 7.25. The van der Waals surface area contributed by atoms with E-state index in [-0.39, 0.29) is 0 Å². The summed E-state index contributed by atoms with van der Waals surface area (Å²) >= 11 is 0. The molecule has 3 aliphatic rings. The molecule has 3 nitrogen and oxygen atoms in total. The molecule has 1 heterocycles. The van der Waals surface area contributed by atoms with Gasteiger partial charge in [-0.25, -0.2) is 0 Å². The van der Waals surface area contributed by atoms with Crippen LogP contribution in [0.15, 0.2) is 6.07 Å². The van der Waals surface area contributed by atoms with Crippen molar-refractivity contribution in [3.8, 4) is 0 Å². The lowest BCUT2D eigenvalue weighted by Crippen LogP contribution is -2.43. The molecule has 0 radical (unpaired) electrons. The SMILES string of the molecule is Cc1cc(CC2(O)CC3CC2C2CCCC32)n(C)n1. The van der Waals surface area contributed by atoms with E-state index in [9.17, 15) is 5.11 Å². The summed E-state index contributed by atoms with van der Waals surface area (Å²) in [5, 5.41) is 15.6. The molecule has 0 amide bonds. The highest BCUT2D eigenvalue weighted by Crippen LogP contribution is 2.62. The van der Waals surface area contributed by atoms with Gasteiger partial charge < -0.3 is 5.11 Å². The molecule has 0 saturated heterocycles. The van der Waals surface area contributed by atoms with E-state index in [1.54, 1.807) is 0 Å². The van der Waals surface area contributed by atoms with Crippen molar-refractivity contribution in [1.29, 1.82) is 0 Å². The number of aromatic nitrogens is 2. The lowest BCUT2D eigenvalue weighted by Gasteiger charge is -2.39. The Morgan fingerprint density at radius 1 is 1.42 bits per heavy atom. The average molecular weight is 260 g/mol. The molecule has 19 heavy (non-hydrogen) atoms. The van der Waals surface area contributed by atoms with E-state index in [1.807, 2.05) is 18.7 Å². The van der Waals surface area contributed by atoms with Gasteiger partial charge in [-0.1, -0.05) is 6.42 Å². The molecular formula is C16H24N2O. The van der Waals surface area contributed by atoms with Gasteiger partial charge >= 0.3 is 0 Å². The van der Waals surface area contributed by atoms with Gasteiger partial charge in [0.25, 0.3) is 0 Å². The Bertz CT molecular complexity index is 509. The third-order valence-electron chi connectivity index (χ3n) is 6.20. The smallest absolute Gasteiger partial charge is 0.0736 e. The van der Waals surface area contributed by atoms with Crippen molar-refractivity contribution in [2.45, 2.75) is 51.0 Å². The fourth-order valence-corrected chi connectivity index (χ4v) is 5.58. The monoisotopic (exact) mass is 260 g/mol. The number of hydrogen-bond donors (Lipinski definition) is 1. The van der Waals surface area contributed by atoms with E-state index < -0.39 is 5.60 Å². The molecule has 5 unspecified atom stereocenters. The Balaban J connectivity index is 1.60. The van der Waals surface area contributed by atoms with Crippen molar-refractivity contribution in [3.05, 3.63) is 17.5 Å². The van der Waals surface area contributed by atoms with Gasteiger partial charge in [0.2, 0.25) is 0 Å². The van der Waals surface area contributed by atoms with Crippen molar-refractivity contribution in [2.75, 3.05) is 0 Å². The second kappa shape index (κ2) is 3.85. The van der Waals surface area contributed by atoms with Crippen LogP contribution in [0, 0.1) is 30.6 Å². The zero-order chi connectivity index (χ0) is 13.2. The van der Waals surface area contributed by atoms with Gasteiger partial charge in [-0.2, -0.15) is 5.10 Å². The summed E-state index contributed by atoms with van der Waals surface area (Å²) < 4.78 is 1.95. The molecule has 1 N–H and O–H groups in total. The molecule has 1 aromatic rings. The summed E-state index contributed by atoms with van der Waals surface area (Å²) in [5.74, 6) is 3.12. The van der Waals surface area contributed by atoms with Crippen LogP contribution < -0.4 is 0 Å². The maximum Gasteiger partial charge on any atom is 0.0736 e. The van der Waals surface area contributed by atoms with Crippen molar-refractivity contribution < 1.29 is 5.11 Å². The maximum absolute atomic E-state index is 11.2. The third-order valence-corrected chi connectivity index (χ3v) is 6.20. The van der Waals surface area contributed by atoms with Crippen LogP contribution >= 0.6 is 0 Å².